The lowest BCUT2D eigenvalue weighted by Gasteiger charge is -2.24. The van der Waals surface area contributed by atoms with Crippen LogP contribution in [0, 0.1) is 0 Å². The fourth-order valence-electron chi connectivity index (χ4n) is 4.40. The molecule has 0 bridgehead atoms. The third kappa shape index (κ3) is 5.28. The second-order valence-electron chi connectivity index (χ2n) is 8.71. The number of esters is 1. The van der Waals surface area contributed by atoms with Crippen molar-refractivity contribution in [1.82, 2.24) is 4.57 Å². The van der Waals surface area contributed by atoms with Crippen LogP contribution in [0.2, 0.25) is 0 Å². The van der Waals surface area contributed by atoms with Crippen LogP contribution >= 0.6 is 22.7 Å². The van der Waals surface area contributed by atoms with E-state index in [0.29, 0.717) is 32.8 Å². The molecule has 4 aromatic rings. The molecule has 0 aliphatic carbocycles. The highest BCUT2D eigenvalue weighted by atomic mass is 32.1. The average Bonchev–Trinajstić information content (AvgIpc) is 3.65. The van der Waals surface area contributed by atoms with Crippen LogP contribution < -0.4 is 14.9 Å². The zero-order valence-corrected chi connectivity index (χ0v) is 22.6. The number of aromatic nitrogens is 1. The van der Waals surface area contributed by atoms with Crippen molar-refractivity contribution in [2.75, 3.05) is 6.61 Å². The van der Waals surface area contributed by atoms with Gasteiger partial charge in [0.25, 0.3) is 5.56 Å². The molecule has 0 N–H and O–H groups in total. The second-order valence-corrected chi connectivity index (χ2v) is 10.7. The van der Waals surface area contributed by atoms with Gasteiger partial charge in [0.2, 0.25) is 0 Å². The Kier molecular flexibility index (Phi) is 7.46. The first-order chi connectivity index (χ1) is 18.7. The highest BCUT2D eigenvalue weighted by Crippen LogP contribution is 2.35. The fourth-order valence-corrected chi connectivity index (χ4v) is 6.22. The van der Waals surface area contributed by atoms with E-state index < -0.39 is 23.8 Å². The van der Waals surface area contributed by atoms with E-state index in [-0.39, 0.29) is 23.5 Å². The van der Waals surface area contributed by atoms with E-state index in [1.807, 2.05) is 24.4 Å². The van der Waals surface area contributed by atoms with E-state index >= 15 is 0 Å². The zero-order valence-electron chi connectivity index (χ0n) is 20.9. The van der Waals surface area contributed by atoms with Crippen LogP contribution in [0.4, 0.5) is 13.2 Å². The number of ether oxygens (including phenoxy) is 1. The van der Waals surface area contributed by atoms with Crippen molar-refractivity contribution >= 4 is 34.7 Å². The molecule has 0 radical (unpaired) electrons. The molecular formula is C28H23F3N2O4S2. The Morgan fingerprint density at radius 1 is 1.18 bits per heavy atom. The number of benzene rings is 1. The van der Waals surface area contributed by atoms with Gasteiger partial charge in [0.05, 0.1) is 28.0 Å². The van der Waals surface area contributed by atoms with Gasteiger partial charge in [-0.05, 0) is 49.1 Å². The number of nitrogens with zero attached hydrogens (tertiary/aromatic N) is 2. The van der Waals surface area contributed by atoms with E-state index in [1.54, 1.807) is 25.1 Å². The molecule has 5 rings (SSSR count). The molecule has 0 saturated carbocycles. The zero-order chi connectivity index (χ0) is 27.7. The summed E-state index contributed by atoms with van der Waals surface area (Å²) in [4.78, 5) is 32.7. The van der Waals surface area contributed by atoms with Gasteiger partial charge in [-0.1, -0.05) is 42.9 Å². The normalized spacial score (nSPS) is 15.8. The summed E-state index contributed by atoms with van der Waals surface area (Å²) in [5.41, 5.74) is 0.0791. The lowest BCUT2D eigenvalue weighted by molar-refractivity contribution is -0.139. The number of hydrogen-bond donors (Lipinski definition) is 0. The fraction of sp³-hybridized carbons (Fsp3) is 0.250. The molecule has 39 heavy (non-hydrogen) atoms. The van der Waals surface area contributed by atoms with Gasteiger partial charge in [-0.15, -0.1) is 11.3 Å². The van der Waals surface area contributed by atoms with E-state index in [4.69, 9.17) is 14.1 Å². The summed E-state index contributed by atoms with van der Waals surface area (Å²) in [6.45, 7) is 3.90. The largest absolute Gasteiger partial charge is 0.463 e. The predicted octanol–water partition coefficient (Wildman–Crippen LogP) is 5.92. The number of fused-ring (bicyclic) bond motifs is 1. The Morgan fingerprint density at radius 2 is 2.00 bits per heavy atom. The minimum Gasteiger partial charge on any atom is -0.463 e. The Balaban J connectivity index is 1.61. The average molecular weight is 573 g/mol. The van der Waals surface area contributed by atoms with Crippen LogP contribution in [0.15, 0.2) is 79.4 Å². The van der Waals surface area contributed by atoms with E-state index in [9.17, 15) is 22.8 Å². The van der Waals surface area contributed by atoms with Crippen LogP contribution in [0.25, 0.3) is 17.4 Å². The van der Waals surface area contributed by atoms with Crippen molar-refractivity contribution in [3.63, 3.8) is 0 Å². The Labute approximate surface area is 229 Å². The number of thiophene rings is 1. The number of hydrogen-bond acceptors (Lipinski definition) is 7. The molecule has 0 saturated heterocycles. The standard InChI is InChI=1S/C28H23F3N2O4S2/c1-3-7-19-23(26(35)36-4-2)24(21-10-6-13-38-21)33-25(34)22(39-27(33)32-19)15-18-11-12-20(37-18)16-8-5-9-17(14-16)28(29,30)31/h5-6,8-15,24H,3-4,7H2,1-2H3/b22-15-. The molecule has 202 valence electrons. The first kappa shape index (κ1) is 26.9. The number of halogens is 3. The maximum atomic E-state index is 13.7. The van der Waals surface area contributed by atoms with Gasteiger partial charge >= 0.3 is 12.1 Å². The molecule has 4 heterocycles. The highest BCUT2D eigenvalue weighted by Gasteiger charge is 2.35. The van der Waals surface area contributed by atoms with Crippen molar-refractivity contribution in [2.45, 2.75) is 38.9 Å². The summed E-state index contributed by atoms with van der Waals surface area (Å²) in [7, 11) is 0. The van der Waals surface area contributed by atoms with Crippen molar-refractivity contribution in [3.8, 4) is 11.3 Å². The molecule has 3 aromatic heterocycles. The van der Waals surface area contributed by atoms with Gasteiger partial charge in [0.15, 0.2) is 4.80 Å². The Hall–Kier alpha value is -3.70. The van der Waals surface area contributed by atoms with Crippen molar-refractivity contribution in [3.05, 3.63) is 101 Å². The lowest BCUT2D eigenvalue weighted by Crippen LogP contribution is -2.39. The Morgan fingerprint density at radius 3 is 2.69 bits per heavy atom. The maximum Gasteiger partial charge on any atom is 0.416 e. The van der Waals surface area contributed by atoms with Crippen molar-refractivity contribution in [2.24, 2.45) is 4.99 Å². The summed E-state index contributed by atoms with van der Waals surface area (Å²) >= 11 is 2.59. The van der Waals surface area contributed by atoms with Gasteiger partial charge in [-0.2, -0.15) is 13.2 Å². The minimum absolute atomic E-state index is 0.191. The maximum absolute atomic E-state index is 13.7. The molecule has 1 unspecified atom stereocenters. The summed E-state index contributed by atoms with van der Waals surface area (Å²) in [5.74, 6) is 0.0410. The van der Waals surface area contributed by atoms with Gasteiger partial charge in [0.1, 0.15) is 17.6 Å². The SMILES string of the molecule is CCCC1=C(C(=O)OCC)C(c2cccs2)n2c(s/c(=C\c3ccc(-c4cccc(C(F)(F)F)c4)o3)c2=O)=N1. The van der Waals surface area contributed by atoms with Gasteiger partial charge in [-0.25, -0.2) is 9.79 Å². The Bertz CT molecular complexity index is 1730. The minimum atomic E-state index is -4.47. The van der Waals surface area contributed by atoms with Crippen LogP contribution in [-0.4, -0.2) is 17.1 Å². The van der Waals surface area contributed by atoms with Crippen LogP contribution in [0.5, 0.6) is 0 Å². The molecular weight excluding hydrogens is 549 g/mol. The molecule has 6 nitrogen and oxygen atoms in total. The molecule has 0 spiro atoms. The number of furan rings is 1. The van der Waals surface area contributed by atoms with E-state index in [1.165, 1.54) is 28.0 Å². The summed E-state index contributed by atoms with van der Waals surface area (Å²) in [5, 5.41) is 1.88. The van der Waals surface area contributed by atoms with Gasteiger partial charge < -0.3 is 9.15 Å². The molecule has 0 fully saturated rings. The van der Waals surface area contributed by atoms with Crippen LogP contribution in [0.1, 0.15) is 48.9 Å². The molecule has 11 heteroatoms. The van der Waals surface area contributed by atoms with Gasteiger partial charge in [-0.3, -0.25) is 9.36 Å². The molecule has 1 aromatic carbocycles. The lowest BCUT2D eigenvalue weighted by atomic mass is 9.99. The molecule has 1 atom stereocenters. The third-order valence-electron chi connectivity index (χ3n) is 6.08. The summed E-state index contributed by atoms with van der Waals surface area (Å²) < 4.78 is 52.4. The second kappa shape index (κ2) is 10.8. The first-order valence-electron chi connectivity index (χ1n) is 12.2. The predicted molar refractivity (Wildman–Crippen MR) is 143 cm³/mol. The number of carbonyl (C=O) groups is 1. The number of alkyl halides is 3. The monoisotopic (exact) mass is 572 g/mol. The topological polar surface area (TPSA) is 73.8 Å². The van der Waals surface area contributed by atoms with Crippen molar-refractivity contribution < 1.29 is 27.1 Å². The summed E-state index contributed by atoms with van der Waals surface area (Å²) in [6.07, 6.45) is -1.64. The number of carbonyl (C=O) groups excluding carboxylic acids is 1. The molecule has 0 amide bonds. The molecule has 1 aliphatic rings. The van der Waals surface area contributed by atoms with E-state index in [0.717, 1.165) is 34.8 Å². The number of rotatable bonds is 7. The summed E-state index contributed by atoms with van der Waals surface area (Å²) in [6, 6.07) is 11.1. The quantitative estimate of drug-likeness (QED) is 0.258. The number of thiazole rings is 1. The third-order valence-corrected chi connectivity index (χ3v) is 7.99. The van der Waals surface area contributed by atoms with Crippen LogP contribution in [0.3, 0.4) is 0 Å². The van der Waals surface area contributed by atoms with Crippen molar-refractivity contribution in [1.29, 1.82) is 0 Å². The highest BCUT2D eigenvalue weighted by molar-refractivity contribution is 7.10. The first-order valence-corrected chi connectivity index (χ1v) is 13.9. The number of allylic oxidation sites excluding steroid dienone is 1. The smallest absolute Gasteiger partial charge is 0.416 e. The molecule has 1 aliphatic heterocycles. The van der Waals surface area contributed by atoms with Gasteiger partial charge in [0, 0.05) is 16.5 Å². The van der Waals surface area contributed by atoms with Crippen LogP contribution in [-0.2, 0) is 15.7 Å². The van der Waals surface area contributed by atoms with E-state index in [2.05, 4.69) is 0 Å².